The Morgan fingerprint density at radius 3 is 2.35 bits per heavy atom. The van der Waals surface area contributed by atoms with Crippen LogP contribution in [0.4, 0.5) is 5.95 Å². The number of rotatable bonds is 5. The zero-order valence-electron chi connectivity index (χ0n) is 15.7. The maximum absolute atomic E-state index is 12.7. The Hall–Kier alpha value is -2.47. The van der Waals surface area contributed by atoms with Crippen LogP contribution >= 0.6 is 0 Å². The van der Waals surface area contributed by atoms with Gasteiger partial charge >= 0.3 is 0 Å². The fourth-order valence-corrected chi connectivity index (χ4v) is 3.41. The maximum Gasteiger partial charge on any atom is 0.237 e. The summed E-state index contributed by atoms with van der Waals surface area (Å²) in [4.78, 5) is 25.7. The average molecular weight is 353 g/mol. The van der Waals surface area contributed by atoms with Crippen molar-refractivity contribution >= 4 is 11.9 Å². The van der Waals surface area contributed by atoms with Crippen molar-refractivity contribution in [2.75, 3.05) is 31.1 Å². The number of benzene rings is 1. The van der Waals surface area contributed by atoms with Gasteiger partial charge in [0.05, 0.1) is 12.1 Å². The van der Waals surface area contributed by atoms with Crippen LogP contribution in [0.5, 0.6) is 0 Å². The third kappa shape index (κ3) is 4.19. The van der Waals surface area contributed by atoms with E-state index in [9.17, 15) is 4.79 Å². The number of carbonyl (C=O) groups excluding carboxylic acids is 1. The number of piperazine rings is 1. The van der Waals surface area contributed by atoms with Gasteiger partial charge in [0.15, 0.2) is 0 Å². The van der Waals surface area contributed by atoms with Crippen LogP contribution in [0.15, 0.2) is 42.7 Å². The number of aryl methyl sites for hydroxylation is 1. The summed E-state index contributed by atoms with van der Waals surface area (Å²) < 4.78 is 0. The van der Waals surface area contributed by atoms with E-state index in [2.05, 4.69) is 44.1 Å². The summed E-state index contributed by atoms with van der Waals surface area (Å²) in [6.07, 6.45) is 3.52. The Bertz CT molecular complexity index is 728. The predicted octanol–water partition coefficient (Wildman–Crippen LogP) is 2.17. The first-order valence-corrected chi connectivity index (χ1v) is 9.18. The minimum Gasteiger partial charge on any atom is -0.348 e. The Morgan fingerprint density at radius 2 is 1.69 bits per heavy atom. The van der Waals surface area contributed by atoms with Crippen molar-refractivity contribution < 1.29 is 4.79 Å². The molecule has 0 bridgehead atoms. The Balaban J connectivity index is 1.54. The fourth-order valence-electron chi connectivity index (χ4n) is 3.41. The molecule has 2 unspecified atom stereocenters. The highest BCUT2D eigenvalue weighted by atomic mass is 16.2. The molecule has 26 heavy (non-hydrogen) atoms. The van der Waals surface area contributed by atoms with Crippen molar-refractivity contribution in [1.29, 1.82) is 0 Å². The molecule has 1 aliphatic heterocycles. The summed E-state index contributed by atoms with van der Waals surface area (Å²) in [6.45, 7) is 9.40. The fraction of sp³-hybridized carbons (Fsp3) is 0.450. The molecule has 1 saturated heterocycles. The molecule has 3 rings (SSSR count). The van der Waals surface area contributed by atoms with Gasteiger partial charge in [-0.1, -0.05) is 24.3 Å². The largest absolute Gasteiger partial charge is 0.348 e. The molecule has 2 heterocycles. The second-order valence-corrected chi connectivity index (χ2v) is 6.83. The van der Waals surface area contributed by atoms with E-state index in [0.717, 1.165) is 32.1 Å². The van der Waals surface area contributed by atoms with Crippen molar-refractivity contribution in [3.05, 3.63) is 53.9 Å². The molecule has 2 atom stereocenters. The number of aromatic nitrogens is 2. The van der Waals surface area contributed by atoms with Gasteiger partial charge in [0.1, 0.15) is 0 Å². The van der Waals surface area contributed by atoms with E-state index in [4.69, 9.17) is 0 Å². The van der Waals surface area contributed by atoms with E-state index >= 15 is 0 Å². The van der Waals surface area contributed by atoms with E-state index in [0.29, 0.717) is 0 Å². The lowest BCUT2D eigenvalue weighted by Crippen LogP contribution is -2.54. The summed E-state index contributed by atoms with van der Waals surface area (Å²) in [5.74, 6) is 0.836. The predicted molar refractivity (Wildman–Crippen MR) is 103 cm³/mol. The molecule has 138 valence electrons. The number of nitrogens with zero attached hydrogens (tertiary/aromatic N) is 4. The first-order chi connectivity index (χ1) is 12.6. The van der Waals surface area contributed by atoms with E-state index in [1.807, 2.05) is 32.0 Å². The van der Waals surface area contributed by atoms with Crippen molar-refractivity contribution in [3.8, 4) is 0 Å². The maximum atomic E-state index is 12.7. The highest BCUT2D eigenvalue weighted by molar-refractivity contribution is 5.81. The van der Waals surface area contributed by atoms with Crippen LogP contribution in [0, 0.1) is 6.92 Å². The van der Waals surface area contributed by atoms with Gasteiger partial charge in [0.25, 0.3) is 0 Å². The normalized spacial score (nSPS) is 17.6. The minimum absolute atomic E-state index is 0.00478. The summed E-state index contributed by atoms with van der Waals surface area (Å²) >= 11 is 0. The van der Waals surface area contributed by atoms with Crippen molar-refractivity contribution in [2.45, 2.75) is 32.9 Å². The van der Waals surface area contributed by atoms with Crippen molar-refractivity contribution in [1.82, 2.24) is 20.2 Å². The number of amides is 1. The summed E-state index contributed by atoms with van der Waals surface area (Å²) in [5, 5.41) is 3.16. The number of carbonyl (C=O) groups is 1. The van der Waals surface area contributed by atoms with Crippen LogP contribution in [0.2, 0.25) is 0 Å². The summed E-state index contributed by atoms with van der Waals surface area (Å²) in [5.41, 5.74) is 2.36. The van der Waals surface area contributed by atoms with Crippen LogP contribution in [-0.2, 0) is 4.79 Å². The molecule has 1 fully saturated rings. The number of nitrogens with one attached hydrogen (secondary N) is 1. The molecule has 0 aliphatic carbocycles. The van der Waals surface area contributed by atoms with Gasteiger partial charge < -0.3 is 10.2 Å². The van der Waals surface area contributed by atoms with Crippen molar-refractivity contribution in [2.24, 2.45) is 0 Å². The first kappa shape index (κ1) is 18.3. The topological polar surface area (TPSA) is 61.4 Å². The molecular formula is C20H27N5O. The Morgan fingerprint density at radius 1 is 1.04 bits per heavy atom. The first-order valence-electron chi connectivity index (χ1n) is 9.18. The average Bonchev–Trinajstić information content (AvgIpc) is 2.68. The second kappa shape index (κ2) is 8.27. The lowest BCUT2D eigenvalue weighted by atomic mass is 10.0. The van der Waals surface area contributed by atoms with E-state index in [1.165, 1.54) is 11.1 Å². The molecule has 0 spiro atoms. The Labute approximate surface area is 155 Å². The summed E-state index contributed by atoms with van der Waals surface area (Å²) in [6, 6.07) is 9.86. The zero-order valence-corrected chi connectivity index (χ0v) is 15.7. The minimum atomic E-state index is -0.152. The lowest BCUT2D eigenvalue weighted by molar-refractivity contribution is -0.126. The molecule has 0 saturated carbocycles. The smallest absolute Gasteiger partial charge is 0.237 e. The SMILES string of the molecule is Cc1ccccc1C(C)NC(=O)C(C)N1CCN(c2ncccn2)CC1. The highest BCUT2D eigenvalue weighted by Crippen LogP contribution is 2.18. The van der Waals surface area contributed by atoms with E-state index in [-0.39, 0.29) is 18.0 Å². The molecule has 1 aromatic heterocycles. The third-order valence-corrected chi connectivity index (χ3v) is 5.09. The van der Waals surface area contributed by atoms with Crippen LogP contribution in [0.3, 0.4) is 0 Å². The lowest BCUT2D eigenvalue weighted by Gasteiger charge is -2.37. The van der Waals surface area contributed by atoms with Crippen LogP contribution < -0.4 is 10.2 Å². The van der Waals surface area contributed by atoms with Crippen LogP contribution in [0.25, 0.3) is 0 Å². The Kier molecular flexibility index (Phi) is 5.83. The van der Waals surface area contributed by atoms with Gasteiger partial charge in [0.2, 0.25) is 11.9 Å². The van der Waals surface area contributed by atoms with Gasteiger partial charge in [0, 0.05) is 38.6 Å². The van der Waals surface area contributed by atoms with E-state index in [1.54, 1.807) is 12.4 Å². The molecule has 1 N–H and O–H groups in total. The van der Waals surface area contributed by atoms with Crippen LogP contribution in [0.1, 0.15) is 31.0 Å². The standard InChI is InChI=1S/C20H27N5O/c1-15-7-4-5-8-18(15)16(2)23-19(26)17(3)24-11-13-25(14-12-24)20-21-9-6-10-22-20/h4-10,16-17H,11-14H2,1-3H3,(H,23,26). The molecule has 6 nitrogen and oxygen atoms in total. The number of anilines is 1. The van der Waals surface area contributed by atoms with Crippen LogP contribution in [-0.4, -0.2) is 53.0 Å². The molecule has 1 aromatic carbocycles. The second-order valence-electron chi connectivity index (χ2n) is 6.83. The number of hydrogen-bond acceptors (Lipinski definition) is 5. The molecule has 1 aliphatic rings. The third-order valence-electron chi connectivity index (χ3n) is 5.09. The monoisotopic (exact) mass is 353 g/mol. The number of hydrogen-bond donors (Lipinski definition) is 1. The van der Waals surface area contributed by atoms with Gasteiger partial charge in [-0.2, -0.15) is 0 Å². The van der Waals surface area contributed by atoms with Gasteiger partial charge in [-0.3, -0.25) is 9.69 Å². The summed E-state index contributed by atoms with van der Waals surface area (Å²) in [7, 11) is 0. The van der Waals surface area contributed by atoms with Crippen molar-refractivity contribution in [3.63, 3.8) is 0 Å². The van der Waals surface area contributed by atoms with Gasteiger partial charge in [-0.15, -0.1) is 0 Å². The van der Waals surface area contributed by atoms with Gasteiger partial charge in [-0.25, -0.2) is 9.97 Å². The van der Waals surface area contributed by atoms with E-state index < -0.39 is 0 Å². The quantitative estimate of drug-likeness (QED) is 0.893. The van der Waals surface area contributed by atoms with Gasteiger partial charge in [-0.05, 0) is 38.0 Å². The molecule has 6 heteroatoms. The molecule has 0 radical (unpaired) electrons. The highest BCUT2D eigenvalue weighted by Gasteiger charge is 2.27. The molecule has 1 amide bonds. The zero-order chi connectivity index (χ0) is 18.5. The molecule has 2 aromatic rings. The molecular weight excluding hydrogens is 326 g/mol.